The first kappa shape index (κ1) is 17.9. The number of hydrogen-bond acceptors (Lipinski definition) is 7. The second-order valence-corrected chi connectivity index (χ2v) is 6.68. The smallest absolute Gasteiger partial charge is 0.146 e. The molecular weight excluding hydrogens is 318 g/mol. The minimum atomic E-state index is 0.249. The minimum absolute atomic E-state index is 0.249. The Morgan fingerprint density at radius 1 is 1.36 bits per heavy atom. The van der Waals surface area contributed by atoms with Crippen LogP contribution in [0.5, 0.6) is 0 Å². The van der Waals surface area contributed by atoms with E-state index in [-0.39, 0.29) is 6.10 Å². The molecule has 7 nitrogen and oxygen atoms in total. The largest absolute Gasteiger partial charge is 0.383 e. The first-order chi connectivity index (χ1) is 12.2. The summed E-state index contributed by atoms with van der Waals surface area (Å²) in [5, 5.41) is 16.4. The van der Waals surface area contributed by atoms with Crippen LogP contribution < -0.4 is 10.6 Å². The van der Waals surface area contributed by atoms with E-state index >= 15 is 0 Å². The Balaban J connectivity index is 1.87. The lowest BCUT2D eigenvalue weighted by Gasteiger charge is -2.29. The van der Waals surface area contributed by atoms with Gasteiger partial charge < -0.3 is 25.0 Å². The molecule has 0 bridgehead atoms. The van der Waals surface area contributed by atoms with Crippen molar-refractivity contribution in [1.82, 2.24) is 9.88 Å². The monoisotopic (exact) mass is 345 g/mol. The van der Waals surface area contributed by atoms with Crippen LogP contribution in [0.4, 0.5) is 11.6 Å². The Kier molecular flexibility index (Phi) is 6.08. The normalized spacial score (nSPS) is 20.1. The number of pyridine rings is 1. The van der Waals surface area contributed by atoms with Gasteiger partial charge in [-0.25, -0.2) is 4.98 Å². The quantitative estimate of drug-likeness (QED) is 0.726. The van der Waals surface area contributed by atoms with Crippen LogP contribution in [0.15, 0.2) is 0 Å². The molecule has 136 valence electrons. The molecule has 7 heteroatoms. The van der Waals surface area contributed by atoms with Crippen molar-refractivity contribution in [3.05, 3.63) is 16.7 Å². The lowest BCUT2D eigenvalue weighted by Crippen LogP contribution is -2.30. The molecular formula is C18H27N5O2. The zero-order valence-electron chi connectivity index (χ0n) is 15.1. The van der Waals surface area contributed by atoms with E-state index in [2.05, 4.69) is 28.7 Å². The van der Waals surface area contributed by atoms with Gasteiger partial charge in [-0.3, -0.25) is 0 Å². The maximum absolute atomic E-state index is 9.68. The third kappa shape index (κ3) is 4.21. The average molecular weight is 345 g/mol. The highest BCUT2D eigenvalue weighted by molar-refractivity contribution is 5.66. The molecule has 0 radical (unpaired) electrons. The Morgan fingerprint density at radius 2 is 2.24 bits per heavy atom. The summed E-state index contributed by atoms with van der Waals surface area (Å²) in [6.07, 6.45) is 3.33. The second kappa shape index (κ2) is 8.48. The second-order valence-electron chi connectivity index (χ2n) is 6.68. The maximum atomic E-state index is 9.68. The van der Waals surface area contributed by atoms with Gasteiger partial charge in [-0.15, -0.1) is 0 Å². The van der Waals surface area contributed by atoms with Crippen LogP contribution in [0.25, 0.3) is 0 Å². The third-order valence-electron chi connectivity index (χ3n) is 4.82. The number of hydrogen-bond donors (Lipinski definition) is 2. The fourth-order valence-electron chi connectivity index (χ4n) is 3.45. The lowest BCUT2D eigenvalue weighted by atomic mass is 9.96. The molecule has 3 rings (SSSR count). The van der Waals surface area contributed by atoms with Gasteiger partial charge in [-0.05, 0) is 31.9 Å². The molecule has 2 aliphatic heterocycles. The number of likely N-dealkylation sites (N-methyl/N-ethyl adjacent to an activating group) is 1. The maximum Gasteiger partial charge on any atom is 0.146 e. The number of rotatable bonds is 7. The molecule has 2 N–H and O–H groups in total. The van der Waals surface area contributed by atoms with Crippen LogP contribution in [0.2, 0.25) is 0 Å². The Hall–Kier alpha value is -1.88. The van der Waals surface area contributed by atoms with Crippen molar-refractivity contribution in [3.63, 3.8) is 0 Å². The van der Waals surface area contributed by atoms with Crippen molar-refractivity contribution < 1.29 is 9.47 Å². The average Bonchev–Trinajstić information content (AvgIpc) is 3.13. The molecule has 1 atom stereocenters. The summed E-state index contributed by atoms with van der Waals surface area (Å²) in [7, 11) is 3.77. The Bertz CT molecular complexity index is 637. The van der Waals surface area contributed by atoms with Gasteiger partial charge in [-0.2, -0.15) is 5.26 Å². The van der Waals surface area contributed by atoms with Crippen LogP contribution in [0.3, 0.4) is 0 Å². The Labute approximate surface area is 149 Å². The standard InChI is InChI=1S/C18H27N5O2/c1-23-7-5-14-15(10-19)17(20-6-9-24-2)22-18(16(14)12-23)21-11-13-4-3-8-25-13/h13H,3-9,11-12H2,1-2H3,(H2,20,21,22). The highest BCUT2D eigenvalue weighted by Gasteiger charge is 2.25. The first-order valence-corrected chi connectivity index (χ1v) is 8.95. The number of ether oxygens (including phenoxy) is 2. The molecule has 1 aromatic rings. The van der Waals surface area contributed by atoms with Gasteiger partial charge in [0.15, 0.2) is 0 Å². The molecule has 1 unspecified atom stereocenters. The number of nitrogens with zero attached hydrogens (tertiary/aromatic N) is 3. The molecule has 0 spiro atoms. The first-order valence-electron chi connectivity index (χ1n) is 8.95. The topological polar surface area (TPSA) is 82.4 Å². The van der Waals surface area contributed by atoms with E-state index in [1.54, 1.807) is 7.11 Å². The van der Waals surface area contributed by atoms with Gasteiger partial charge in [-0.1, -0.05) is 0 Å². The molecule has 1 fully saturated rings. The van der Waals surface area contributed by atoms with E-state index in [9.17, 15) is 5.26 Å². The predicted octanol–water partition coefficient (Wildman–Crippen LogP) is 1.59. The van der Waals surface area contributed by atoms with E-state index in [1.165, 1.54) is 0 Å². The summed E-state index contributed by atoms with van der Waals surface area (Å²) >= 11 is 0. The van der Waals surface area contributed by atoms with Gasteiger partial charge in [0.05, 0.1) is 18.3 Å². The fraction of sp³-hybridized carbons (Fsp3) is 0.667. The van der Waals surface area contributed by atoms with Gasteiger partial charge >= 0.3 is 0 Å². The summed E-state index contributed by atoms with van der Waals surface area (Å²) in [5.74, 6) is 1.52. The van der Waals surface area contributed by atoms with Crippen LogP contribution in [0.1, 0.15) is 29.5 Å². The van der Waals surface area contributed by atoms with Crippen molar-refractivity contribution in [2.45, 2.75) is 31.9 Å². The SMILES string of the molecule is COCCNc1nc(NCC2CCCO2)c2c(c1C#N)CCN(C)C2. The van der Waals surface area contributed by atoms with Crippen molar-refractivity contribution >= 4 is 11.6 Å². The van der Waals surface area contributed by atoms with Crippen LogP contribution in [-0.2, 0) is 22.4 Å². The number of nitrogens with one attached hydrogen (secondary N) is 2. The highest BCUT2D eigenvalue weighted by Crippen LogP contribution is 2.31. The molecule has 0 aromatic carbocycles. The minimum Gasteiger partial charge on any atom is -0.383 e. The molecule has 1 aromatic heterocycles. The highest BCUT2D eigenvalue weighted by atomic mass is 16.5. The van der Waals surface area contributed by atoms with E-state index in [0.717, 1.165) is 62.4 Å². The summed E-state index contributed by atoms with van der Waals surface area (Å²) in [4.78, 5) is 7.01. The van der Waals surface area contributed by atoms with Crippen molar-refractivity contribution in [3.8, 4) is 6.07 Å². The summed E-state index contributed by atoms with van der Waals surface area (Å²) in [5.41, 5.74) is 2.92. The summed E-state index contributed by atoms with van der Waals surface area (Å²) in [6.45, 7) is 4.56. The van der Waals surface area contributed by atoms with Gasteiger partial charge in [0, 0.05) is 45.5 Å². The van der Waals surface area contributed by atoms with Gasteiger partial charge in [0.1, 0.15) is 17.7 Å². The number of methoxy groups -OCH3 is 1. The van der Waals surface area contributed by atoms with E-state index in [0.29, 0.717) is 24.5 Å². The zero-order valence-corrected chi connectivity index (χ0v) is 15.1. The molecule has 25 heavy (non-hydrogen) atoms. The van der Waals surface area contributed by atoms with Crippen molar-refractivity contribution in [2.75, 3.05) is 57.6 Å². The molecule has 0 amide bonds. The Morgan fingerprint density at radius 3 is 2.96 bits per heavy atom. The van der Waals surface area contributed by atoms with E-state index < -0.39 is 0 Å². The van der Waals surface area contributed by atoms with Gasteiger partial charge in [0.2, 0.25) is 0 Å². The number of aromatic nitrogens is 1. The number of anilines is 2. The number of nitriles is 1. The van der Waals surface area contributed by atoms with E-state index in [1.807, 2.05) is 0 Å². The fourth-order valence-corrected chi connectivity index (χ4v) is 3.45. The van der Waals surface area contributed by atoms with Crippen LogP contribution >= 0.6 is 0 Å². The molecule has 3 heterocycles. The van der Waals surface area contributed by atoms with Gasteiger partial charge in [0.25, 0.3) is 0 Å². The lowest BCUT2D eigenvalue weighted by molar-refractivity contribution is 0.120. The molecule has 2 aliphatic rings. The zero-order chi connectivity index (χ0) is 17.6. The third-order valence-corrected chi connectivity index (χ3v) is 4.82. The molecule has 1 saturated heterocycles. The molecule has 0 aliphatic carbocycles. The van der Waals surface area contributed by atoms with E-state index in [4.69, 9.17) is 14.5 Å². The molecule has 0 saturated carbocycles. The van der Waals surface area contributed by atoms with Crippen LogP contribution in [-0.4, -0.2) is 63.0 Å². The predicted molar refractivity (Wildman–Crippen MR) is 96.8 cm³/mol. The van der Waals surface area contributed by atoms with Crippen molar-refractivity contribution in [1.29, 1.82) is 5.26 Å². The summed E-state index contributed by atoms with van der Waals surface area (Å²) in [6, 6.07) is 2.35. The summed E-state index contributed by atoms with van der Waals surface area (Å²) < 4.78 is 10.8. The van der Waals surface area contributed by atoms with Crippen LogP contribution in [0, 0.1) is 11.3 Å². The number of fused-ring (bicyclic) bond motifs is 1. The van der Waals surface area contributed by atoms with Crippen molar-refractivity contribution in [2.24, 2.45) is 0 Å².